The number of aromatic nitrogens is 2. The van der Waals surface area contributed by atoms with Gasteiger partial charge in [-0.25, -0.2) is 9.78 Å². The monoisotopic (exact) mass is 441 g/mol. The minimum Gasteiger partial charge on any atom is -0.454 e. The maximum atomic E-state index is 12.6. The van der Waals surface area contributed by atoms with E-state index in [1.54, 1.807) is 0 Å². The Labute approximate surface area is 177 Å². The molecule has 4 rings (SSSR count). The number of esters is 1. The second kappa shape index (κ2) is 8.05. The number of fused-ring (bicyclic) bond motifs is 1. The van der Waals surface area contributed by atoms with Gasteiger partial charge in [0.15, 0.2) is 0 Å². The van der Waals surface area contributed by atoms with E-state index < -0.39 is 16.6 Å². The second-order valence-electron chi connectivity index (χ2n) is 6.20. The molecule has 0 saturated heterocycles. The van der Waals surface area contributed by atoms with Crippen LogP contribution in [0.25, 0.3) is 21.3 Å². The maximum Gasteiger partial charge on any atom is 0.345 e. The smallest absolute Gasteiger partial charge is 0.345 e. The van der Waals surface area contributed by atoms with Crippen LogP contribution in [0.2, 0.25) is 5.02 Å². The lowest BCUT2D eigenvalue weighted by atomic mass is 10.1. The first-order valence-electron chi connectivity index (χ1n) is 8.61. The van der Waals surface area contributed by atoms with Gasteiger partial charge in [-0.05, 0) is 17.7 Å². The summed E-state index contributed by atoms with van der Waals surface area (Å²) in [6.45, 7) is -0.355. The molecule has 0 aliphatic carbocycles. The van der Waals surface area contributed by atoms with Gasteiger partial charge in [0, 0.05) is 22.0 Å². The first-order chi connectivity index (χ1) is 14.4. The molecule has 0 unspecified atom stereocenters. The Morgan fingerprint density at radius 3 is 2.73 bits per heavy atom. The molecule has 10 heteroatoms. The van der Waals surface area contributed by atoms with Crippen LogP contribution in [0.5, 0.6) is 0 Å². The average Bonchev–Trinajstić information content (AvgIpc) is 3.17. The number of nitrogens with one attached hydrogen (secondary N) is 1. The lowest BCUT2D eigenvalue weighted by Gasteiger charge is -2.06. The number of nitro benzene ring substituents is 1. The van der Waals surface area contributed by atoms with Gasteiger partial charge in [0.1, 0.15) is 22.8 Å². The first kappa shape index (κ1) is 19.7. The summed E-state index contributed by atoms with van der Waals surface area (Å²) in [7, 11) is 0. The predicted molar refractivity (Wildman–Crippen MR) is 113 cm³/mol. The number of carbonyl (C=O) groups excluding carboxylic acids is 1. The highest BCUT2D eigenvalue weighted by atomic mass is 35.5. The van der Waals surface area contributed by atoms with Gasteiger partial charge in [-0.1, -0.05) is 41.9 Å². The van der Waals surface area contributed by atoms with Crippen LogP contribution in [-0.2, 0) is 11.3 Å². The van der Waals surface area contributed by atoms with E-state index in [2.05, 4.69) is 9.97 Å². The molecular formula is C20H12ClN3O5S. The van der Waals surface area contributed by atoms with E-state index in [1.165, 1.54) is 17.4 Å². The standard InChI is InChI=1S/C20H12ClN3O5S/c21-12-6-7-15(24(27)28)13(8-12)20(26)29-9-16-22-18(25)17-14(10-30-19(17)23-16)11-4-2-1-3-5-11/h1-8,10H,9H2,(H,22,23,25). The van der Waals surface area contributed by atoms with Crippen LogP contribution >= 0.6 is 22.9 Å². The number of nitrogens with zero attached hydrogens (tertiary/aromatic N) is 2. The molecule has 0 radical (unpaired) electrons. The van der Waals surface area contributed by atoms with Crippen molar-refractivity contribution < 1.29 is 14.5 Å². The van der Waals surface area contributed by atoms with Gasteiger partial charge < -0.3 is 9.72 Å². The molecular weight excluding hydrogens is 430 g/mol. The van der Waals surface area contributed by atoms with Crippen molar-refractivity contribution in [3.05, 3.63) is 90.8 Å². The molecule has 0 bridgehead atoms. The number of thiophene rings is 1. The number of hydrogen-bond donors (Lipinski definition) is 1. The molecule has 0 aliphatic heterocycles. The molecule has 2 aromatic carbocycles. The van der Waals surface area contributed by atoms with Crippen molar-refractivity contribution in [3.63, 3.8) is 0 Å². The minimum absolute atomic E-state index is 0.131. The summed E-state index contributed by atoms with van der Waals surface area (Å²) in [5.41, 5.74) is 0.594. The number of ether oxygens (including phenoxy) is 1. The topological polar surface area (TPSA) is 115 Å². The van der Waals surface area contributed by atoms with Gasteiger partial charge in [0.05, 0.1) is 10.3 Å². The highest BCUT2D eigenvalue weighted by molar-refractivity contribution is 7.17. The Morgan fingerprint density at radius 2 is 2.00 bits per heavy atom. The first-order valence-corrected chi connectivity index (χ1v) is 9.86. The van der Waals surface area contributed by atoms with E-state index in [0.29, 0.717) is 10.2 Å². The third kappa shape index (κ3) is 3.80. The Hall–Kier alpha value is -3.56. The third-order valence-electron chi connectivity index (χ3n) is 4.29. The molecule has 1 N–H and O–H groups in total. The summed E-state index contributed by atoms with van der Waals surface area (Å²) < 4.78 is 5.13. The van der Waals surface area contributed by atoms with Crippen molar-refractivity contribution in [2.75, 3.05) is 0 Å². The van der Waals surface area contributed by atoms with Crippen LogP contribution in [-0.4, -0.2) is 20.9 Å². The summed E-state index contributed by atoms with van der Waals surface area (Å²) in [6.07, 6.45) is 0. The van der Waals surface area contributed by atoms with Gasteiger partial charge in [-0.2, -0.15) is 0 Å². The summed E-state index contributed by atoms with van der Waals surface area (Å²) in [6, 6.07) is 13.0. The number of H-pyrrole nitrogens is 1. The van der Waals surface area contributed by atoms with Gasteiger partial charge >= 0.3 is 5.97 Å². The van der Waals surface area contributed by atoms with Crippen molar-refractivity contribution >= 4 is 44.8 Å². The van der Waals surface area contributed by atoms with E-state index in [9.17, 15) is 19.7 Å². The van der Waals surface area contributed by atoms with E-state index in [4.69, 9.17) is 16.3 Å². The fourth-order valence-electron chi connectivity index (χ4n) is 2.93. The summed E-state index contributed by atoms with van der Waals surface area (Å²) in [4.78, 5) is 42.8. The zero-order chi connectivity index (χ0) is 21.3. The summed E-state index contributed by atoms with van der Waals surface area (Å²) in [5.74, 6) is -0.810. The van der Waals surface area contributed by atoms with Crippen LogP contribution in [0.15, 0.2) is 58.7 Å². The molecule has 8 nitrogen and oxygen atoms in total. The van der Waals surface area contributed by atoms with Crippen molar-refractivity contribution in [3.8, 4) is 11.1 Å². The van der Waals surface area contributed by atoms with E-state index in [-0.39, 0.29) is 28.6 Å². The molecule has 0 fully saturated rings. The molecule has 2 heterocycles. The van der Waals surface area contributed by atoms with Crippen LogP contribution < -0.4 is 5.56 Å². The van der Waals surface area contributed by atoms with Crippen molar-refractivity contribution in [1.82, 2.24) is 9.97 Å². The zero-order valence-corrected chi connectivity index (χ0v) is 16.7. The predicted octanol–water partition coefficient (Wildman–Crippen LogP) is 4.57. The van der Waals surface area contributed by atoms with Crippen molar-refractivity contribution in [1.29, 1.82) is 0 Å². The molecule has 4 aromatic rings. The van der Waals surface area contributed by atoms with Crippen molar-refractivity contribution in [2.45, 2.75) is 6.61 Å². The summed E-state index contributed by atoms with van der Waals surface area (Å²) >= 11 is 7.13. The van der Waals surface area contributed by atoms with E-state index >= 15 is 0 Å². The number of nitro groups is 1. The number of halogens is 1. The molecule has 0 aliphatic rings. The van der Waals surface area contributed by atoms with Gasteiger partial charge in [0.2, 0.25) is 0 Å². The molecule has 0 amide bonds. The fourth-order valence-corrected chi connectivity index (χ4v) is 4.07. The Bertz CT molecular complexity index is 1330. The van der Waals surface area contributed by atoms with Crippen LogP contribution in [0.1, 0.15) is 16.2 Å². The number of benzene rings is 2. The van der Waals surface area contributed by atoms with Gasteiger partial charge in [0.25, 0.3) is 11.2 Å². The average molecular weight is 442 g/mol. The number of aromatic amines is 1. The quantitative estimate of drug-likeness (QED) is 0.275. The zero-order valence-electron chi connectivity index (χ0n) is 15.1. The van der Waals surface area contributed by atoms with E-state index in [1.807, 2.05) is 35.7 Å². The highest BCUT2D eigenvalue weighted by Crippen LogP contribution is 2.30. The van der Waals surface area contributed by atoms with Gasteiger partial charge in [-0.3, -0.25) is 14.9 Å². The number of carbonyl (C=O) groups is 1. The highest BCUT2D eigenvalue weighted by Gasteiger charge is 2.22. The minimum atomic E-state index is -0.942. The fraction of sp³-hybridized carbons (Fsp3) is 0.0500. The van der Waals surface area contributed by atoms with Crippen molar-refractivity contribution in [2.24, 2.45) is 0 Å². The Kier molecular flexibility index (Phi) is 5.30. The van der Waals surface area contributed by atoms with E-state index in [0.717, 1.165) is 23.3 Å². The third-order valence-corrected chi connectivity index (χ3v) is 5.40. The molecule has 150 valence electrons. The van der Waals surface area contributed by atoms with Crippen LogP contribution in [0.3, 0.4) is 0 Å². The normalized spacial score (nSPS) is 10.8. The van der Waals surface area contributed by atoms with Crippen LogP contribution in [0, 0.1) is 10.1 Å². The lowest BCUT2D eigenvalue weighted by Crippen LogP contribution is -2.14. The largest absolute Gasteiger partial charge is 0.454 e. The maximum absolute atomic E-state index is 12.6. The molecule has 30 heavy (non-hydrogen) atoms. The number of rotatable bonds is 5. The molecule has 0 atom stereocenters. The Balaban J connectivity index is 1.60. The molecule has 0 spiro atoms. The van der Waals surface area contributed by atoms with Gasteiger partial charge in [-0.15, -0.1) is 11.3 Å². The number of hydrogen-bond acceptors (Lipinski definition) is 7. The second-order valence-corrected chi connectivity index (χ2v) is 7.50. The molecule has 2 aromatic heterocycles. The van der Waals surface area contributed by atoms with Crippen LogP contribution in [0.4, 0.5) is 5.69 Å². The SMILES string of the molecule is O=C(OCc1nc2scc(-c3ccccc3)c2c(=O)[nH]1)c1cc(Cl)ccc1[N+](=O)[O-]. The molecule has 0 saturated carbocycles. The lowest BCUT2D eigenvalue weighted by molar-refractivity contribution is -0.385. The summed E-state index contributed by atoms with van der Waals surface area (Å²) in [5, 5.41) is 13.6. The Morgan fingerprint density at radius 1 is 1.23 bits per heavy atom.